The van der Waals surface area contributed by atoms with E-state index in [1.807, 2.05) is 6.92 Å². The van der Waals surface area contributed by atoms with E-state index in [1.54, 1.807) is 11.8 Å². The summed E-state index contributed by atoms with van der Waals surface area (Å²) in [4.78, 5) is 25.4. The maximum atomic E-state index is 12.1. The second-order valence-corrected chi connectivity index (χ2v) is 5.73. The number of aryl methyl sites for hydroxylation is 2. The largest absolute Gasteiger partial charge is 0.359 e. The summed E-state index contributed by atoms with van der Waals surface area (Å²) in [5.41, 5.74) is 1.41. The highest BCUT2D eigenvalue weighted by molar-refractivity contribution is 5.91. The third-order valence-electron chi connectivity index (χ3n) is 3.96. The van der Waals surface area contributed by atoms with Gasteiger partial charge in [0, 0.05) is 19.0 Å². The minimum atomic E-state index is -0.173. The van der Waals surface area contributed by atoms with E-state index in [0.29, 0.717) is 31.0 Å². The van der Waals surface area contributed by atoms with Crippen LogP contribution >= 0.6 is 0 Å². The number of hydrogen-bond acceptors (Lipinski definition) is 4. The zero-order chi connectivity index (χ0) is 15.0. The van der Waals surface area contributed by atoms with Crippen LogP contribution in [0.15, 0.2) is 4.52 Å². The lowest BCUT2D eigenvalue weighted by Crippen LogP contribution is -2.62. The number of aromatic nitrogens is 1. The smallest absolute Gasteiger partial charge is 0.322 e. The third-order valence-corrected chi connectivity index (χ3v) is 3.96. The zero-order valence-electron chi connectivity index (χ0n) is 12.3. The number of nitrogens with one attached hydrogen (secondary N) is 2. The highest BCUT2D eigenvalue weighted by Gasteiger charge is 2.36. The fourth-order valence-electron chi connectivity index (χ4n) is 2.41. The normalized spacial score (nSPS) is 18.3. The van der Waals surface area contributed by atoms with Crippen LogP contribution in [0.4, 0.5) is 10.5 Å². The van der Waals surface area contributed by atoms with Crippen LogP contribution in [0.2, 0.25) is 0 Å². The van der Waals surface area contributed by atoms with Gasteiger partial charge < -0.3 is 20.1 Å². The lowest BCUT2D eigenvalue weighted by atomic mass is 10.1. The molecule has 114 valence electrons. The maximum Gasteiger partial charge on any atom is 0.322 e. The van der Waals surface area contributed by atoms with Gasteiger partial charge in [0.25, 0.3) is 0 Å². The molecule has 0 radical (unpaired) electrons. The predicted octanol–water partition coefficient (Wildman–Crippen LogP) is 1.29. The van der Waals surface area contributed by atoms with Crippen LogP contribution < -0.4 is 10.6 Å². The molecule has 21 heavy (non-hydrogen) atoms. The third kappa shape index (κ3) is 2.86. The maximum absolute atomic E-state index is 12.1. The van der Waals surface area contributed by atoms with Crippen molar-refractivity contribution < 1.29 is 14.1 Å². The van der Waals surface area contributed by atoms with Crippen molar-refractivity contribution in [2.75, 3.05) is 18.4 Å². The van der Waals surface area contributed by atoms with Crippen molar-refractivity contribution in [3.8, 4) is 0 Å². The number of urea groups is 1. The van der Waals surface area contributed by atoms with Crippen molar-refractivity contribution in [2.45, 2.75) is 39.2 Å². The number of carbonyl (C=O) groups is 2. The molecule has 0 aromatic carbocycles. The van der Waals surface area contributed by atoms with Crippen LogP contribution in [0.3, 0.4) is 0 Å². The molecule has 1 aromatic rings. The van der Waals surface area contributed by atoms with Gasteiger partial charge in [0.2, 0.25) is 5.91 Å². The topological polar surface area (TPSA) is 87.5 Å². The van der Waals surface area contributed by atoms with Gasteiger partial charge in [-0.25, -0.2) is 4.79 Å². The summed E-state index contributed by atoms with van der Waals surface area (Å²) >= 11 is 0. The Morgan fingerprint density at radius 3 is 2.71 bits per heavy atom. The van der Waals surface area contributed by atoms with Crippen molar-refractivity contribution >= 4 is 17.6 Å². The molecule has 1 saturated carbocycles. The molecule has 2 heterocycles. The molecule has 7 heteroatoms. The summed E-state index contributed by atoms with van der Waals surface area (Å²) in [6, 6.07) is -0.0917. The summed E-state index contributed by atoms with van der Waals surface area (Å²) in [5, 5.41) is 9.71. The van der Waals surface area contributed by atoms with Gasteiger partial charge in [-0.3, -0.25) is 4.79 Å². The molecule has 3 amide bonds. The molecule has 2 fully saturated rings. The zero-order valence-corrected chi connectivity index (χ0v) is 12.3. The molecule has 2 N–H and O–H groups in total. The molecule has 1 aliphatic carbocycles. The standard InChI is InChI=1S/C14H20N4O3/c1-3-11-12(8(2)21-17-11)16-14(20)18-6-10(7-18)15-13(19)9-4-5-9/h9-10H,3-7H2,1-2H3,(H,15,19)(H,16,20). The first kappa shape index (κ1) is 13.9. The van der Waals surface area contributed by atoms with Gasteiger partial charge in [-0.15, -0.1) is 0 Å². The lowest BCUT2D eigenvalue weighted by Gasteiger charge is -2.39. The Balaban J connectivity index is 1.49. The Bertz CT molecular complexity index is 559. The van der Waals surface area contributed by atoms with Gasteiger partial charge >= 0.3 is 6.03 Å². The number of carbonyl (C=O) groups excluding carboxylic acids is 2. The Labute approximate surface area is 123 Å². The predicted molar refractivity (Wildman–Crippen MR) is 75.9 cm³/mol. The number of nitrogens with zero attached hydrogens (tertiary/aromatic N) is 2. The van der Waals surface area contributed by atoms with E-state index in [1.165, 1.54) is 0 Å². The Morgan fingerprint density at radius 1 is 1.38 bits per heavy atom. The van der Waals surface area contributed by atoms with E-state index >= 15 is 0 Å². The molecule has 2 aliphatic rings. The lowest BCUT2D eigenvalue weighted by molar-refractivity contribution is -0.123. The highest BCUT2D eigenvalue weighted by atomic mass is 16.5. The van der Waals surface area contributed by atoms with Crippen LogP contribution in [-0.4, -0.2) is 41.1 Å². The van der Waals surface area contributed by atoms with Crippen LogP contribution in [0.1, 0.15) is 31.2 Å². The average molecular weight is 292 g/mol. The molecule has 0 unspecified atom stereocenters. The minimum absolute atomic E-state index is 0.0815. The summed E-state index contributed by atoms with van der Waals surface area (Å²) in [7, 11) is 0. The van der Waals surface area contributed by atoms with Crippen molar-refractivity contribution in [2.24, 2.45) is 5.92 Å². The quantitative estimate of drug-likeness (QED) is 0.875. The Kier molecular flexibility index (Phi) is 3.57. The van der Waals surface area contributed by atoms with E-state index in [2.05, 4.69) is 15.8 Å². The molecule has 7 nitrogen and oxygen atoms in total. The first-order chi connectivity index (χ1) is 10.1. The molecule has 0 bridgehead atoms. The molecular weight excluding hydrogens is 272 g/mol. The van der Waals surface area contributed by atoms with Crippen molar-refractivity contribution in [1.82, 2.24) is 15.4 Å². The first-order valence-electron chi connectivity index (χ1n) is 7.40. The number of amides is 3. The van der Waals surface area contributed by atoms with Crippen molar-refractivity contribution in [1.29, 1.82) is 0 Å². The van der Waals surface area contributed by atoms with E-state index in [-0.39, 0.29) is 23.9 Å². The summed E-state index contributed by atoms with van der Waals surface area (Å²) in [6.07, 6.45) is 2.69. The van der Waals surface area contributed by atoms with E-state index in [9.17, 15) is 9.59 Å². The van der Waals surface area contributed by atoms with Crippen LogP contribution in [0.5, 0.6) is 0 Å². The number of likely N-dealkylation sites (tertiary alicyclic amines) is 1. The summed E-state index contributed by atoms with van der Waals surface area (Å²) in [6.45, 7) is 4.84. The second-order valence-electron chi connectivity index (χ2n) is 5.73. The van der Waals surface area contributed by atoms with E-state index in [4.69, 9.17) is 4.52 Å². The van der Waals surface area contributed by atoms with Crippen LogP contribution in [-0.2, 0) is 11.2 Å². The second kappa shape index (κ2) is 5.38. The highest BCUT2D eigenvalue weighted by Crippen LogP contribution is 2.29. The van der Waals surface area contributed by atoms with Gasteiger partial charge in [0.05, 0.1) is 6.04 Å². The summed E-state index contributed by atoms with van der Waals surface area (Å²) < 4.78 is 5.09. The van der Waals surface area contributed by atoms with Crippen LogP contribution in [0.25, 0.3) is 0 Å². The van der Waals surface area contributed by atoms with Gasteiger partial charge in [-0.2, -0.15) is 0 Å². The van der Waals surface area contributed by atoms with Gasteiger partial charge in [-0.1, -0.05) is 12.1 Å². The van der Waals surface area contributed by atoms with Gasteiger partial charge in [0.15, 0.2) is 5.76 Å². The number of rotatable bonds is 4. The van der Waals surface area contributed by atoms with Crippen molar-refractivity contribution in [3.05, 3.63) is 11.5 Å². The Hall–Kier alpha value is -2.05. The van der Waals surface area contributed by atoms with E-state index < -0.39 is 0 Å². The summed E-state index contributed by atoms with van der Waals surface area (Å²) in [5.74, 6) is 0.946. The number of anilines is 1. The molecule has 1 aliphatic heterocycles. The molecule has 0 atom stereocenters. The monoisotopic (exact) mass is 292 g/mol. The molecule has 0 spiro atoms. The Morgan fingerprint density at radius 2 is 2.10 bits per heavy atom. The fourth-order valence-corrected chi connectivity index (χ4v) is 2.41. The van der Waals surface area contributed by atoms with Crippen LogP contribution in [0, 0.1) is 12.8 Å². The fraction of sp³-hybridized carbons (Fsp3) is 0.643. The average Bonchev–Trinajstić information content (AvgIpc) is 3.20. The van der Waals surface area contributed by atoms with Gasteiger partial charge in [-0.05, 0) is 26.2 Å². The first-order valence-corrected chi connectivity index (χ1v) is 7.40. The van der Waals surface area contributed by atoms with Crippen molar-refractivity contribution in [3.63, 3.8) is 0 Å². The SMILES string of the molecule is CCc1noc(C)c1NC(=O)N1CC(NC(=O)C2CC2)C1. The van der Waals surface area contributed by atoms with Gasteiger partial charge in [0.1, 0.15) is 11.4 Å². The van der Waals surface area contributed by atoms with E-state index in [0.717, 1.165) is 18.5 Å². The minimum Gasteiger partial charge on any atom is -0.359 e. The molecule has 3 rings (SSSR count). The number of hydrogen-bond donors (Lipinski definition) is 2. The molecule has 1 aromatic heterocycles. The molecular formula is C14H20N4O3. The molecule has 1 saturated heterocycles.